The van der Waals surface area contributed by atoms with Crippen LogP contribution in [0.15, 0.2) is 146 Å². The first-order valence-electron chi connectivity index (χ1n) is 40.1. The Labute approximate surface area is 630 Å². The summed E-state index contributed by atoms with van der Waals surface area (Å²) < 4.78 is 68.5. The maximum Gasteiger partial charge on any atom is 0.472 e. The topological polar surface area (TPSA) is 237 Å². The Morgan fingerprint density at radius 2 is 0.510 bits per heavy atom. The minimum atomic E-state index is -5.00. The molecule has 0 rings (SSSR count). The van der Waals surface area contributed by atoms with Crippen LogP contribution in [0.1, 0.15) is 310 Å². The minimum Gasteiger partial charge on any atom is -0.462 e. The molecule has 0 saturated heterocycles. The van der Waals surface area contributed by atoms with E-state index in [0.29, 0.717) is 38.5 Å². The van der Waals surface area contributed by atoms with Gasteiger partial charge in [0.15, 0.2) is 12.2 Å². The average Bonchev–Trinajstić information content (AvgIpc) is 0.918. The smallest absolute Gasteiger partial charge is 0.462 e. The van der Waals surface area contributed by atoms with Gasteiger partial charge in [-0.1, -0.05) is 289 Å². The molecule has 0 saturated carbocycles. The summed E-state index contributed by atoms with van der Waals surface area (Å²) in [7, 11) is -9.99. The van der Waals surface area contributed by atoms with Gasteiger partial charge in [0.2, 0.25) is 0 Å². The van der Waals surface area contributed by atoms with E-state index >= 15 is 0 Å². The van der Waals surface area contributed by atoms with Crippen LogP contribution in [0.25, 0.3) is 0 Å². The summed E-state index contributed by atoms with van der Waals surface area (Å²) in [6, 6.07) is 0. The van der Waals surface area contributed by atoms with Crippen LogP contribution in [0.4, 0.5) is 0 Å². The van der Waals surface area contributed by atoms with E-state index in [2.05, 4.69) is 161 Å². The van der Waals surface area contributed by atoms with Gasteiger partial charge in [-0.3, -0.25) is 37.3 Å². The number of rotatable bonds is 74. The fourth-order valence-corrected chi connectivity index (χ4v) is 11.8. The number of unbranched alkanes of at least 4 members (excludes halogenated alkanes) is 24. The lowest BCUT2D eigenvalue weighted by Gasteiger charge is -2.21. The number of aliphatic hydroxyl groups is 1. The normalized spacial score (nSPS) is 14.6. The molecule has 104 heavy (non-hydrogen) atoms. The largest absolute Gasteiger partial charge is 0.472 e. The highest BCUT2D eigenvalue weighted by atomic mass is 31.2. The van der Waals surface area contributed by atoms with Crippen molar-refractivity contribution in [1.82, 2.24) is 0 Å². The summed E-state index contributed by atoms with van der Waals surface area (Å²) in [6.07, 6.45) is 86.9. The number of phosphoric acid groups is 2. The van der Waals surface area contributed by atoms with Crippen LogP contribution in [0.3, 0.4) is 0 Å². The molecule has 0 aromatic rings. The molecule has 594 valence electrons. The second kappa shape index (κ2) is 76.1. The first kappa shape index (κ1) is 98.9. The SMILES string of the molecule is CC/C=C\C/C=C\C/C=C\C/C=C\C/C=C\CCCC(=O)OCC(COP(=O)(O)OCC(O)COP(=O)(O)OCC(COC(=O)CCCCCCCC/C=C\C/C=C\C/C=C\CCCCC)OC(=O)CCCC/C=C\C/C=C\C/C=C\C/C=C\CC)OC(=O)CCCCCCCCCCCCCCC. The van der Waals surface area contributed by atoms with E-state index in [0.717, 1.165) is 148 Å². The molecule has 0 aromatic carbocycles. The van der Waals surface area contributed by atoms with Crippen LogP contribution < -0.4 is 0 Å². The Balaban J connectivity index is 5.44. The van der Waals surface area contributed by atoms with Crippen LogP contribution in [0.5, 0.6) is 0 Å². The zero-order valence-corrected chi connectivity index (χ0v) is 66.7. The highest BCUT2D eigenvalue weighted by Crippen LogP contribution is 2.45. The molecule has 17 nitrogen and oxygen atoms in total. The molecule has 3 N–H and O–H groups in total. The summed E-state index contributed by atoms with van der Waals surface area (Å²) in [5.74, 6) is -2.30. The molecular formula is C85H142O17P2. The Bertz CT molecular complexity index is 2540. The van der Waals surface area contributed by atoms with Crippen LogP contribution in [0.2, 0.25) is 0 Å². The van der Waals surface area contributed by atoms with Gasteiger partial charge in [-0.2, -0.15) is 0 Å². The number of carbonyl (C=O) groups is 4. The Morgan fingerprint density at radius 3 is 0.846 bits per heavy atom. The highest BCUT2D eigenvalue weighted by molar-refractivity contribution is 7.47. The van der Waals surface area contributed by atoms with Gasteiger partial charge in [0, 0.05) is 25.7 Å². The van der Waals surface area contributed by atoms with Gasteiger partial charge in [-0.05, 0) is 141 Å². The van der Waals surface area contributed by atoms with Gasteiger partial charge >= 0.3 is 39.5 Å². The van der Waals surface area contributed by atoms with Gasteiger partial charge in [0.25, 0.3) is 0 Å². The fraction of sp³-hybridized carbons (Fsp3) is 0.671. The maximum absolute atomic E-state index is 13.1. The van der Waals surface area contributed by atoms with Crippen molar-refractivity contribution in [1.29, 1.82) is 0 Å². The number of allylic oxidation sites excluding steroid dienone is 24. The number of hydrogen-bond donors (Lipinski definition) is 3. The molecule has 0 aliphatic carbocycles. The van der Waals surface area contributed by atoms with Crippen molar-refractivity contribution in [3.05, 3.63) is 146 Å². The van der Waals surface area contributed by atoms with Gasteiger partial charge in [-0.25, -0.2) is 9.13 Å². The standard InChI is InChI=1S/C85H142O17P2/c1-5-9-13-17-21-25-29-33-36-38-39-41-44-47-50-54-58-62-66-70-83(88)96-76-81(102-85(90)72-68-64-60-56-52-48-42-35-31-27-23-19-15-11-7-3)78-100-104(93,94)98-74-79(86)73-97-103(91,92)99-77-80(101-84(89)71-67-63-59-55-51-45-32-28-24-20-16-12-8-4)75-95-82(87)69-65-61-57-53-49-46-43-40-37-34-30-26-22-18-14-10-6-2/h10-11,14-15,21-23,25-27,33-37,39,41-43,46,52-53,56-57,79-81,86H,5-9,12-13,16-20,24,28-32,38,40,44-45,47-51,54-55,58-78H2,1-4H3,(H,91,92)(H,93,94)/b14-10-,15-11-,25-21-,26-22-,27-23-,36-33-,37-34-,41-39-,42-35-,46-43-,56-52-,57-53-. The van der Waals surface area contributed by atoms with Crippen molar-refractivity contribution in [3.8, 4) is 0 Å². The molecule has 5 unspecified atom stereocenters. The molecule has 0 heterocycles. The molecule has 0 amide bonds. The third-order valence-electron chi connectivity index (χ3n) is 16.3. The predicted octanol–water partition coefficient (Wildman–Crippen LogP) is 23.4. The lowest BCUT2D eigenvalue weighted by Crippen LogP contribution is -2.30. The second-order valence-electron chi connectivity index (χ2n) is 26.2. The average molecular weight is 1500 g/mol. The van der Waals surface area contributed by atoms with E-state index < -0.39 is 97.5 Å². The third kappa shape index (κ3) is 75.2. The quantitative estimate of drug-likeness (QED) is 0.0169. The van der Waals surface area contributed by atoms with Gasteiger partial charge in [-0.15, -0.1) is 0 Å². The number of esters is 4. The monoisotopic (exact) mass is 1500 g/mol. The first-order valence-corrected chi connectivity index (χ1v) is 43.1. The van der Waals surface area contributed by atoms with Gasteiger partial charge in [0.1, 0.15) is 19.3 Å². The summed E-state index contributed by atoms with van der Waals surface area (Å²) in [4.78, 5) is 73.0. The number of ether oxygens (including phenoxy) is 4. The molecule has 0 aliphatic heterocycles. The lowest BCUT2D eigenvalue weighted by atomic mass is 10.0. The predicted molar refractivity (Wildman–Crippen MR) is 427 cm³/mol. The van der Waals surface area contributed by atoms with Crippen LogP contribution in [0, 0.1) is 0 Å². The zero-order valence-electron chi connectivity index (χ0n) is 64.9. The van der Waals surface area contributed by atoms with E-state index in [1.807, 2.05) is 12.2 Å². The minimum absolute atomic E-state index is 0.0349. The molecule has 0 bridgehead atoms. The van der Waals surface area contributed by atoms with E-state index in [1.165, 1.54) is 70.6 Å². The number of phosphoric ester groups is 2. The fourth-order valence-electron chi connectivity index (χ4n) is 10.3. The number of hydrogen-bond acceptors (Lipinski definition) is 15. The van der Waals surface area contributed by atoms with E-state index in [4.69, 9.17) is 37.0 Å². The summed E-state index contributed by atoms with van der Waals surface area (Å²) in [5.41, 5.74) is 0. The van der Waals surface area contributed by atoms with E-state index in [1.54, 1.807) is 0 Å². The summed E-state index contributed by atoms with van der Waals surface area (Å²) in [6.45, 7) is 4.50. The number of carbonyl (C=O) groups excluding carboxylic acids is 4. The Kier molecular flexibility index (Phi) is 72.4. The Hall–Kier alpha value is -5.06. The molecular weight excluding hydrogens is 1350 g/mol. The molecule has 0 aromatic heterocycles. The lowest BCUT2D eigenvalue weighted by molar-refractivity contribution is -0.161. The van der Waals surface area contributed by atoms with Gasteiger partial charge < -0.3 is 33.8 Å². The second-order valence-corrected chi connectivity index (χ2v) is 29.2. The molecule has 0 radical (unpaired) electrons. The highest BCUT2D eigenvalue weighted by Gasteiger charge is 2.30. The zero-order chi connectivity index (χ0) is 76.0. The van der Waals surface area contributed by atoms with Crippen molar-refractivity contribution in [3.63, 3.8) is 0 Å². The summed E-state index contributed by atoms with van der Waals surface area (Å²) in [5, 5.41) is 10.6. The van der Waals surface area contributed by atoms with Crippen molar-refractivity contribution in [2.45, 2.75) is 329 Å². The van der Waals surface area contributed by atoms with Crippen molar-refractivity contribution < 1.29 is 80.2 Å². The van der Waals surface area contributed by atoms with Crippen molar-refractivity contribution in [2.24, 2.45) is 0 Å². The molecule has 0 fully saturated rings. The Morgan fingerprint density at radius 1 is 0.279 bits per heavy atom. The van der Waals surface area contributed by atoms with Crippen LogP contribution >= 0.6 is 15.6 Å². The van der Waals surface area contributed by atoms with E-state index in [9.17, 15) is 43.2 Å². The molecule has 0 spiro atoms. The van der Waals surface area contributed by atoms with Crippen LogP contribution in [-0.2, 0) is 65.4 Å². The van der Waals surface area contributed by atoms with Gasteiger partial charge in [0.05, 0.1) is 26.4 Å². The third-order valence-corrected chi connectivity index (χ3v) is 18.2. The maximum atomic E-state index is 13.1. The van der Waals surface area contributed by atoms with Crippen LogP contribution in [-0.4, -0.2) is 96.7 Å². The van der Waals surface area contributed by atoms with Crippen molar-refractivity contribution >= 4 is 39.5 Å². The number of aliphatic hydroxyl groups excluding tert-OH is 1. The molecule has 0 aliphatic rings. The summed E-state index contributed by atoms with van der Waals surface area (Å²) >= 11 is 0. The van der Waals surface area contributed by atoms with Crippen molar-refractivity contribution in [2.75, 3.05) is 39.6 Å². The first-order chi connectivity index (χ1) is 50.7. The molecule has 5 atom stereocenters. The molecule has 19 heteroatoms. The van der Waals surface area contributed by atoms with E-state index in [-0.39, 0.29) is 25.7 Å².